The lowest BCUT2D eigenvalue weighted by atomic mass is 9.79. The number of para-hydroxylation sites is 1. The van der Waals surface area contributed by atoms with Gasteiger partial charge in [0.1, 0.15) is 5.39 Å². The van der Waals surface area contributed by atoms with Crippen LogP contribution in [-0.2, 0) is 0 Å². The van der Waals surface area contributed by atoms with Gasteiger partial charge >= 0.3 is 6.09 Å². The highest BCUT2D eigenvalue weighted by atomic mass is 35.5. The van der Waals surface area contributed by atoms with Gasteiger partial charge in [-0.05, 0) is 54.7 Å². The van der Waals surface area contributed by atoms with E-state index in [1.165, 1.54) is 10.8 Å². The minimum atomic E-state index is -0.867. The number of benzene rings is 2. The molecule has 0 spiro atoms. The molecule has 4 heterocycles. The van der Waals surface area contributed by atoms with Gasteiger partial charge in [-0.1, -0.05) is 50.0 Å². The zero-order valence-corrected chi connectivity index (χ0v) is 25.3. The summed E-state index contributed by atoms with van der Waals surface area (Å²) in [6.45, 7) is 6.72. The van der Waals surface area contributed by atoms with Crippen LogP contribution in [0, 0.1) is 5.41 Å². The summed E-state index contributed by atoms with van der Waals surface area (Å²) in [5, 5.41) is 17.3. The number of likely N-dealkylation sites (tertiary alicyclic amines) is 1. The van der Waals surface area contributed by atoms with Crippen molar-refractivity contribution in [3.8, 4) is 5.69 Å². The van der Waals surface area contributed by atoms with Crippen molar-refractivity contribution < 1.29 is 9.90 Å². The molecule has 2 unspecified atom stereocenters. The molecule has 1 aliphatic heterocycles. The van der Waals surface area contributed by atoms with Gasteiger partial charge < -0.3 is 20.6 Å². The fourth-order valence-corrected chi connectivity index (χ4v) is 6.24. The van der Waals surface area contributed by atoms with Gasteiger partial charge in [0.25, 0.3) is 5.56 Å². The zero-order valence-electron chi connectivity index (χ0n) is 23.8. The van der Waals surface area contributed by atoms with Crippen LogP contribution in [-0.4, -0.2) is 58.6 Å². The molecule has 3 N–H and O–H groups in total. The van der Waals surface area contributed by atoms with E-state index in [2.05, 4.69) is 46.4 Å². The quantitative estimate of drug-likeness (QED) is 0.204. The average molecular weight is 622 g/mol. The molecule has 43 heavy (non-hydrogen) atoms. The van der Waals surface area contributed by atoms with E-state index in [0.717, 1.165) is 24.2 Å². The Morgan fingerprint density at radius 1 is 1.05 bits per heavy atom. The number of imidazole rings is 1. The summed E-state index contributed by atoms with van der Waals surface area (Å²) < 4.78 is 3.06. The highest BCUT2D eigenvalue weighted by Gasteiger charge is 2.38. The van der Waals surface area contributed by atoms with E-state index in [1.807, 2.05) is 24.3 Å². The molecule has 5 aromatic rings. The molecule has 1 fully saturated rings. The summed E-state index contributed by atoms with van der Waals surface area (Å²) in [6.07, 6.45) is 5.35. The van der Waals surface area contributed by atoms with Crippen molar-refractivity contribution in [2.24, 2.45) is 5.41 Å². The third-order valence-electron chi connectivity index (χ3n) is 7.77. The largest absolute Gasteiger partial charge is 0.465 e. The molecule has 0 bridgehead atoms. The van der Waals surface area contributed by atoms with Gasteiger partial charge in [0.15, 0.2) is 5.65 Å². The fraction of sp³-hybridized carbons (Fsp3) is 0.300. The van der Waals surface area contributed by atoms with E-state index in [1.54, 1.807) is 39.9 Å². The zero-order chi connectivity index (χ0) is 30.5. The summed E-state index contributed by atoms with van der Waals surface area (Å²) in [4.78, 5) is 40.3. The van der Waals surface area contributed by atoms with Crippen LogP contribution < -0.4 is 16.2 Å². The Bertz CT molecular complexity index is 1880. The molecule has 0 saturated carbocycles. The van der Waals surface area contributed by atoms with Crippen molar-refractivity contribution in [1.82, 2.24) is 28.8 Å². The number of hydrogen-bond donors (Lipinski definition) is 3. The first-order valence-corrected chi connectivity index (χ1v) is 14.6. The highest BCUT2D eigenvalue weighted by molar-refractivity contribution is 6.37. The van der Waals surface area contributed by atoms with E-state index in [4.69, 9.17) is 23.2 Å². The van der Waals surface area contributed by atoms with E-state index < -0.39 is 11.7 Å². The maximum Gasteiger partial charge on any atom is 0.407 e. The molecule has 1 aliphatic rings. The topological polar surface area (TPSA) is 130 Å². The van der Waals surface area contributed by atoms with Crippen molar-refractivity contribution in [2.75, 3.05) is 17.2 Å². The van der Waals surface area contributed by atoms with Crippen LogP contribution in [0.1, 0.15) is 33.6 Å². The van der Waals surface area contributed by atoms with Crippen molar-refractivity contribution in [1.29, 1.82) is 0 Å². The van der Waals surface area contributed by atoms with Crippen molar-refractivity contribution in [3.63, 3.8) is 0 Å². The minimum Gasteiger partial charge on any atom is -0.465 e. The highest BCUT2D eigenvalue weighted by Crippen LogP contribution is 2.34. The lowest BCUT2D eigenvalue weighted by Gasteiger charge is -2.45. The summed E-state index contributed by atoms with van der Waals surface area (Å²) in [7, 11) is 0. The Kier molecular flexibility index (Phi) is 7.39. The van der Waals surface area contributed by atoms with Crippen LogP contribution in [0.4, 0.5) is 22.1 Å². The Labute approximate surface area is 257 Å². The smallest absolute Gasteiger partial charge is 0.407 e. The predicted molar refractivity (Wildman–Crippen MR) is 168 cm³/mol. The molecule has 2 atom stereocenters. The lowest BCUT2D eigenvalue weighted by Crippen LogP contribution is -2.54. The number of nitrogens with zero attached hydrogens (tertiary/aromatic N) is 6. The van der Waals surface area contributed by atoms with Crippen molar-refractivity contribution >= 4 is 63.4 Å². The molecule has 222 valence electrons. The number of hydrogen-bond acceptors (Lipinski definition) is 7. The lowest BCUT2D eigenvalue weighted by molar-refractivity contribution is 0.0557. The van der Waals surface area contributed by atoms with Gasteiger partial charge in [-0.2, -0.15) is 4.98 Å². The number of nitrogens with one attached hydrogen (secondary N) is 2. The third-order valence-corrected chi connectivity index (χ3v) is 8.38. The molecule has 1 saturated heterocycles. The normalized spacial score (nSPS) is 17.4. The molecular weight excluding hydrogens is 591 g/mol. The maximum absolute atomic E-state index is 13.6. The summed E-state index contributed by atoms with van der Waals surface area (Å²) in [5.41, 5.74) is 1.86. The first-order chi connectivity index (χ1) is 20.5. The first-order valence-electron chi connectivity index (χ1n) is 13.8. The van der Waals surface area contributed by atoms with Crippen molar-refractivity contribution in [3.05, 3.63) is 81.5 Å². The second-order valence-corrected chi connectivity index (χ2v) is 12.5. The minimum absolute atomic E-state index is 0.0741. The number of fused-ring (bicyclic) bond motifs is 3. The Morgan fingerprint density at radius 3 is 2.42 bits per heavy atom. The summed E-state index contributed by atoms with van der Waals surface area (Å²) >= 11 is 12.9. The second-order valence-electron chi connectivity index (χ2n) is 11.7. The average Bonchev–Trinajstić information content (AvgIpc) is 3.45. The van der Waals surface area contributed by atoms with Crippen LogP contribution >= 0.6 is 23.2 Å². The van der Waals surface area contributed by atoms with E-state index >= 15 is 0 Å². The fourth-order valence-electron chi connectivity index (χ4n) is 5.67. The van der Waals surface area contributed by atoms with E-state index in [9.17, 15) is 14.7 Å². The van der Waals surface area contributed by atoms with Gasteiger partial charge in [-0.3, -0.25) is 9.20 Å². The Balaban J connectivity index is 1.23. The third kappa shape index (κ3) is 5.46. The van der Waals surface area contributed by atoms with Gasteiger partial charge in [0.05, 0.1) is 15.7 Å². The van der Waals surface area contributed by atoms with Crippen molar-refractivity contribution in [2.45, 2.75) is 45.7 Å². The molecule has 0 radical (unpaired) electrons. The number of amides is 1. The number of aromatic nitrogens is 5. The number of halogens is 2. The molecule has 6 rings (SSSR count). The summed E-state index contributed by atoms with van der Waals surface area (Å²) in [5.74, 6) is 0.626. The number of piperidine rings is 1. The van der Waals surface area contributed by atoms with E-state index in [0.29, 0.717) is 39.7 Å². The molecule has 2 aromatic carbocycles. The number of carboxylic acid groups (broad SMARTS) is 1. The molecule has 13 heteroatoms. The van der Waals surface area contributed by atoms with Crippen LogP contribution in [0.3, 0.4) is 0 Å². The van der Waals surface area contributed by atoms with Gasteiger partial charge in [0, 0.05) is 48.6 Å². The molecule has 3 aromatic heterocycles. The predicted octanol–water partition coefficient (Wildman–Crippen LogP) is 6.45. The Morgan fingerprint density at radius 2 is 1.74 bits per heavy atom. The SMILES string of the molecule is CC(C)(C)C1CC(Nc2ccc(Nc3ncc4c(=O)n(-c5c(Cl)cccc5Cl)c5nccn5c4n3)cc2)CCN1C(=O)O. The number of carbonyl (C=O) groups is 1. The van der Waals surface area contributed by atoms with Crippen LogP contribution in [0.2, 0.25) is 10.0 Å². The maximum atomic E-state index is 13.6. The van der Waals surface area contributed by atoms with Crippen LogP contribution in [0.25, 0.3) is 22.5 Å². The summed E-state index contributed by atoms with van der Waals surface area (Å²) in [6, 6.07) is 12.8. The second kappa shape index (κ2) is 11.1. The standard InChI is InChI=1S/C30H30Cl2N8O3/c1-30(2,3)23-15-19(11-13-38(23)29(42)43)35-17-7-9-18(10-8-17)36-27-34-16-20-25(37-27)39-14-12-33-28(39)40(26(20)41)24-21(31)5-4-6-22(24)32/h4-10,12,14,16,19,23,35H,11,13,15H2,1-3H3,(H,42,43)(H,34,36,37). The van der Waals surface area contributed by atoms with Gasteiger partial charge in [-0.15, -0.1) is 0 Å². The molecular formula is C30H30Cl2N8O3. The molecule has 1 amide bonds. The molecule has 11 nitrogen and oxygen atoms in total. The van der Waals surface area contributed by atoms with Crippen LogP contribution in [0.5, 0.6) is 0 Å². The first kappa shape index (κ1) is 28.8. The number of rotatable bonds is 5. The van der Waals surface area contributed by atoms with Crippen LogP contribution in [0.15, 0.2) is 65.8 Å². The monoisotopic (exact) mass is 620 g/mol. The molecule has 0 aliphatic carbocycles. The van der Waals surface area contributed by atoms with Gasteiger partial charge in [0.2, 0.25) is 11.7 Å². The Hall–Kier alpha value is -4.35. The van der Waals surface area contributed by atoms with E-state index in [-0.39, 0.29) is 22.9 Å². The number of anilines is 3. The van der Waals surface area contributed by atoms with Gasteiger partial charge in [-0.25, -0.2) is 19.3 Å².